The van der Waals surface area contributed by atoms with Gasteiger partial charge in [-0.1, -0.05) is 26.0 Å². The zero-order valence-corrected chi connectivity index (χ0v) is 13.1. The molecular formula is C17H21NO4. The van der Waals surface area contributed by atoms with Crippen molar-refractivity contribution in [3.8, 4) is 5.75 Å². The van der Waals surface area contributed by atoms with E-state index in [2.05, 4.69) is 4.74 Å². The molecule has 118 valence electrons. The summed E-state index contributed by atoms with van der Waals surface area (Å²) in [6.45, 7) is 4.55. The SMILES string of the molecule is COC(=O)CCN1C=COC(c2cccc(O)c2C(C)C)=C1. The molecule has 0 spiro atoms. The molecule has 1 aromatic rings. The molecule has 0 bridgehead atoms. The van der Waals surface area contributed by atoms with Crippen molar-refractivity contribution in [3.63, 3.8) is 0 Å². The van der Waals surface area contributed by atoms with Gasteiger partial charge in [-0.15, -0.1) is 0 Å². The molecule has 0 fully saturated rings. The number of esters is 1. The van der Waals surface area contributed by atoms with E-state index in [0.717, 1.165) is 11.1 Å². The van der Waals surface area contributed by atoms with Crippen LogP contribution in [-0.2, 0) is 14.3 Å². The molecule has 1 aliphatic rings. The first-order valence-corrected chi connectivity index (χ1v) is 7.23. The van der Waals surface area contributed by atoms with Gasteiger partial charge in [-0.3, -0.25) is 4.79 Å². The van der Waals surface area contributed by atoms with Crippen molar-refractivity contribution >= 4 is 11.7 Å². The average Bonchev–Trinajstić information content (AvgIpc) is 2.52. The summed E-state index contributed by atoms with van der Waals surface area (Å²) >= 11 is 0. The Morgan fingerprint density at radius 1 is 1.41 bits per heavy atom. The molecule has 0 aromatic heterocycles. The molecule has 22 heavy (non-hydrogen) atoms. The van der Waals surface area contributed by atoms with Gasteiger partial charge in [0.1, 0.15) is 17.8 Å². The second-order valence-electron chi connectivity index (χ2n) is 5.35. The van der Waals surface area contributed by atoms with Crippen LogP contribution in [0.4, 0.5) is 0 Å². The van der Waals surface area contributed by atoms with E-state index >= 15 is 0 Å². The van der Waals surface area contributed by atoms with Crippen molar-refractivity contribution in [2.45, 2.75) is 26.2 Å². The van der Waals surface area contributed by atoms with Gasteiger partial charge >= 0.3 is 5.97 Å². The van der Waals surface area contributed by atoms with Crippen LogP contribution in [0.2, 0.25) is 0 Å². The third kappa shape index (κ3) is 3.61. The highest BCUT2D eigenvalue weighted by atomic mass is 16.5. The molecule has 0 saturated heterocycles. The predicted octanol–water partition coefficient (Wildman–Crippen LogP) is 3.18. The zero-order valence-electron chi connectivity index (χ0n) is 13.1. The molecule has 1 aromatic carbocycles. The van der Waals surface area contributed by atoms with Gasteiger partial charge in [0.25, 0.3) is 0 Å². The summed E-state index contributed by atoms with van der Waals surface area (Å²) in [4.78, 5) is 13.1. The van der Waals surface area contributed by atoms with Gasteiger partial charge in [0.15, 0.2) is 0 Å². The monoisotopic (exact) mass is 303 g/mol. The number of aromatic hydroxyl groups is 1. The number of hydrogen-bond donors (Lipinski definition) is 1. The number of nitrogens with zero attached hydrogens (tertiary/aromatic N) is 1. The molecule has 0 aliphatic carbocycles. The van der Waals surface area contributed by atoms with Gasteiger partial charge in [0, 0.05) is 30.1 Å². The molecule has 0 saturated carbocycles. The highest BCUT2D eigenvalue weighted by molar-refractivity contribution is 5.70. The normalized spacial score (nSPS) is 13.8. The standard InChI is InChI=1S/C17H21NO4/c1-12(2)17-13(5-4-6-14(17)19)15-11-18(9-10-22-15)8-7-16(20)21-3/h4-6,9-12,19H,7-8H2,1-3H3. The Labute approximate surface area is 130 Å². The summed E-state index contributed by atoms with van der Waals surface area (Å²) in [5.74, 6) is 0.810. The highest BCUT2D eigenvalue weighted by Gasteiger charge is 2.18. The first kappa shape index (κ1) is 15.9. The van der Waals surface area contributed by atoms with Crippen LogP contribution in [0.3, 0.4) is 0 Å². The molecule has 0 radical (unpaired) electrons. The summed E-state index contributed by atoms with van der Waals surface area (Å²) in [6.07, 6.45) is 5.44. The summed E-state index contributed by atoms with van der Waals surface area (Å²) < 4.78 is 10.2. The fourth-order valence-electron chi connectivity index (χ4n) is 2.38. The number of carbonyl (C=O) groups is 1. The predicted molar refractivity (Wildman–Crippen MR) is 83.7 cm³/mol. The van der Waals surface area contributed by atoms with Crippen molar-refractivity contribution in [2.24, 2.45) is 0 Å². The van der Waals surface area contributed by atoms with Crippen LogP contribution in [0.15, 0.2) is 36.9 Å². The number of phenols is 1. The summed E-state index contributed by atoms with van der Waals surface area (Å²) in [7, 11) is 1.38. The van der Waals surface area contributed by atoms with E-state index in [1.165, 1.54) is 7.11 Å². The lowest BCUT2D eigenvalue weighted by atomic mass is 9.95. The van der Waals surface area contributed by atoms with Crippen molar-refractivity contribution < 1.29 is 19.4 Å². The molecule has 0 atom stereocenters. The van der Waals surface area contributed by atoms with Gasteiger partial charge in [0.05, 0.1) is 13.5 Å². The second kappa shape index (κ2) is 7.02. The molecule has 2 rings (SSSR count). The maximum atomic E-state index is 11.2. The topological polar surface area (TPSA) is 59.0 Å². The van der Waals surface area contributed by atoms with E-state index in [4.69, 9.17) is 4.74 Å². The minimum Gasteiger partial charge on any atom is -0.508 e. The lowest BCUT2D eigenvalue weighted by Gasteiger charge is -2.23. The van der Waals surface area contributed by atoms with E-state index in [1.807, 2.05) is 31.0 Å². The third-order valence-corrected chi connectivity index (χ3v) is 3.46. The lowest BCUT2D eigenvalue weighted by Crippen LogP contribution is -2.19. The fraction of sp³-hybridized carbons (Fsp3) is 0.353. The molecule has 0 unspecified atom stereocenters. The van der Waals surface area contributed by atoms with Crippen LogP contribution in [-0.4, -0.2) is 29.6 Å². The van der Waals surface area contributed by atoms with Crippen LogP contribution < -0.4 is 0 Å². The minimum absolute atomic E-state index is 0.162. The smallest absolute Gasteiger partial charge is 0.307 e. The van der Waals surface area contributed by atoms with Gasteiger partial charge in [-0.05, 0) is 12.0 Å². The first-order valence-electron chi connectivity index (χ1n) is 7.23. The fourth-order valence-corrected chi connectivity index (χ4v) is 2.38. The Bertz CT molecular complexity index is 605. The quantitative estimate of drug-likeness (QED) is 0.847. The van der Waals surface area contributed by atoms with E-state index < -0.39 is 0 Å². The minimum atomic E-state index is -0.255. The number of rotatable bonds is 5. The Morgan fingerprint density at radius 3 is 2.86 bits per heavy atom. The van der Waals surface area contributed by atoms with Crippen molar-refractivity contribution in [1.82, 2.24) is 4.90 Å². The molecule has 1 aliphatic heterocycles. The Morgan fingerprint density at radius 2 is 2.18 bits per heavy atom. The largest absolute Gasteiger partial charge is 0.508 e. The molecule has 5 heteroatoms. The molecule has 1 heterocycles. The summed E-state index contributed by atoms with van der Waals surface area (Å²) in [6, 6.07) is 5.38. The molecule has 0 amide bonds. The first-order chi connectivity index (χ1) is 10.5. The Hall–Kier alpha value is -2.43. The molecule has 5 nitrogen and oxygen atoms in total. The van der Waals surface area contributed by atoms with Gasteiger partial charge in [0.2, 0.25) is 0 Å². The average molecular weight is 303 g/mol. The van der Waals surface area contributed by atoms with Crippen LogP contribution in [0.25, 0.3) is 5.76 Å². The van der Waals surface area contributed by atoms with Crippen LogP contribution >= 0.6 is 0 Å². The Kier molecular flexibility index (Phi) is 5.09. The maximum absolute atomic E-state index is 11.2. The van der Waals surface area contributed by atoms with Crippen molar-refractivity contribution in [1.29, 1.82) is 0 Å². The van der Waals surface area contributed by atoms with E-state index in [0.29, 0.717) is 18.7 Å². The van der Waals surface area contributed by atoms with Gasteiger partial charge in [-0.2, -0.15) is 0 Å². The van der Waals surface area contributed by atoms with E-state index in [1.54, 1.807) is 24.6 Å². The van der Waals surface area contributed by atoms with Gasteiger partial charge < -0.3 is 19.5 Å². The molecular weight excluding hydrogens is 282 g/mol. The third-order valence-electron chi connectivity index (χ3n) is 3.46. The lowest BCUT2D eigenvalue weighted by molar-refractivity contribution is -0.140. The van der Waals surface area contributed by atoms with E-state index in [9.17, 15) is 9.90 Å². The van der Waals surface area contributed by atoms with Crippen LogP contribution in [0.1, 0.15) is 37.3 Å². The van der Waals surface area contributed by atoms with Gasteiger partial charge in [-0.25, -0.2) is 0 Å². The highest BCUT2D eigenvalue weighted by Crippen LogP contribution is 2.34. The number of benzene rings is 1. The summed E-state index contributed by atoms with van der Waals surface area (Å²) in [5.41, 5.74) is 1.69. The number of hydrogen-bond acceptors (Lipinski definition) is 5. The van der Waals surface area contributed by atoms with Crippen LogP contribution in [0, 0.1) is 0 Å². The summed E-state index contributed by atoms with van der Waals surface area (Å²) in [5, 5.41) is 10.1. The number of carbonyl (C=O) groups excluding carboxylic acids is 1. The van der Waals surface area contributed by atoms with E-state index in [-0.39, 0.29) is 17.6 Å². The number of methoxy groups -OCH3 is 1. The zero-order chi connectivity index (χ0) is 16.1. The second-order valence-corrected chi connectivity index (χ2v) is 5.35. The van der Waals surface area contributed by atoms with Crippen molar-refractivity contribution in [2.75, 3.05) is 13.7 Å². The Balaban J connectivity index is 2.24. The van der Waals surface area contributed by atoms with Crippen molar-refractivity contribution in [3.05, 3.63) is 48.0 Å². The van der Waals surface area contributed by atoms with Crippen LogP contribution in [0.5, 0.6) is 5.75 Å². The number of phenolic OH excluding ortho intramolecular Hbond substituents is 1. The number of ether oxygens (including phenoxy) is 2. The molecule has 1 N–H and O–H groups in total. The maximum Gasteiger partial charge on any atom is 0.307 e.